The molecule has 0 spiro atoms. The number of hydrogen-bond acceptors (Lipinski definition) is 5. The molecule has 0 aliphatic carbocycles. The fourth-order valence-corrected chi connectivity index (χ4v) is 3.86. The van der Waals surface area contributed by atoms with E-state index in [-0.39, 0.29) is 0 Å². The highest BCUT2D eigenvalue weighted by molar-refractivity contribution is 9.10. The van der Waals surface area contributed by atoms with Crippen LogP contribution in [0.25, 0.3) is 0 Å². The molecule has 1 atom stereocenters. The monoisotopic (exact) mass is 330 g/mol. The second-order valence-corrected chi connectivity index (χ2v) is 6.50. The van der Waals surface area contributed by atoms with Gasteiger partial charge in [-0.2, -0.15) is 4.37 Å². The minimum atomic E-state index is -0.466. The third-order valence-corrected chi connectivity index (χ3v) is 4.65. The Morgan fingerprint density at radius 3 is 2.76 bits per heavy atom. The molecule has 1 N–H and O–H groups in total. The molecule has 0 saturated heterocycles. The molecule has 2 aromatic rings. The van der Waals surface area contributed by atoms with Gasteiger partial charge in [0.05, 0.1) is 6.10 Å². The minimum Gasteiger partial charge on any atom is -0.389 e. The summed E-state index contributed by atoms with van der Waals surface area (Å²) in [5.74, 6) is 0.803. The van der Waals surface area contributed by atoms with Crippen molar-refractivity contribution in [2.24, 2.45) is 0 Å². The molecule has 17 heavy (non-hydrogen) atoms. The lowest BCUT2D eigenvalue weighted by Crippen LogP contribution is -1.92. The first-order valence-electron chi connectivity index (χ1n) is 5.02. The normalized spacial score (nSPS) is 12.7. The van der Waals surface area contributed by atoms with Crippen molar-refractivity contribution in [3.05, 3.63) is 34.1 Å². The highest BCUT2D eigenvalue weighted by Crippen LogP contribution is 2.33. The van der Waals surface area contributed by atoms with Crippen LogP contribution >= 0.6 is 39.2 Å². The number of aryl methyl sites for hydroxylation is 1. The van der Waals surface area contributed by atoms with Crippen LogP contribution in [0.3, 0.4) is 0 Å². The average molecular weight is 331 g/mol. The van der Waals surface area contributed by atoms with Crippen molar-refractivity contribution in [1.29, 1.82) is 0 Å². The van der Waals surface area contributed by atoms with E-state index in [1.54, 1.807) is 18.7 Å². The van der Waals surface area contributed by atoms with Gasteiger partial charge in [-0.1, -0.05) is 33.8 Å². The van der Waals surface area contributed by atoms with Crippen LogP contribution in [0.4, 0.5) is 0 Å². The first-order valence-corrected chi connectivity index (χ1v) is 7.40. The van der Waals surface area contributed by atoms with Crippen molar-refractivity contribution in [2.75, 3.05) is 0 Å². The predicted octanol–water partition coefficient (Wildman–Crippen LogP) is 3.81. The Balaban J connectivity index is 2.20. The topological polar surface area (TPSA) is 46.0 Å². The highest BCUT2D eigenvalue weighted by Gasteiger charge is 2.08. The maximum atomic E-state index is 9.53. The van der Waals surface area contributed by atoms with E-state index in [0.29, 0.717) is 0 Å². The maximum Gasteiger partial charge on any atom is 0.174 e. The zero-order valence-corrected chi connectivity index (χ0v) is 12.6. The van der Waals surface area contributed by atoms with Crippen LogP contribution in [0.1, 0.15) is 24.4 Å². The Labute approximate surface area is 117 Å². The Morgan fingerprint density at radius 2 is 2.24 bits per heavy atom. The lowest BCUT2D eigenvalue weighted by molar-refractivity contribution is 0.198. The lowest BCUT2D eigenvalue weighted by Gasteiger charge is -2.08. The van der Waals surface area contributed by atoms with E-state index < -0.39 is 6.10 Å². The first-order chi connectivity index (χ1) is 8.06. The highest BCUT2D eigenvalue weighted by atomic mass is 79.9. The van der Waals surface area contributed by atoms with E-state index in [0.717, 1.165) is 25.1 Å². The summed E-state index contributed by atoms with van der Waals surface area (Å²) in [4.78, 5) is 5.38. The molecule has 0 bridgehead atoms. The molecular formula is C11H11BrN2OS2. The van der Waals surface area contributed by atoms with Crippen LogP contribution in [0.5, 0.6) is 0 Å². The van der Waals surface area contributed by atoms with Crippen LogP contribution < -0.4 is 0 Å². The quantitative estimate of drug-likeness (QED) is 0.929. The standard InChI is InChI=1S/C11H11BrN2OS2/c1-6(15)9-4-3-8(5-10(9)12)16-11-13-7(2)14-17-11/h3-6,15H,1-2H3. The largest absolute Gasteiger partial charge is 0.389 e. The van der Waals surface area contributed by atoms with E-state index >= 15 is 0 Å². The van der Waals surface area contributed by atoms with E-state index in [9.17, 15) is 5.11 Å². The van der Waals surface area contributed by atoms with Gasteiger partial charge in [0, 0.05) is 9.37 Å². The zero-order valence-electron chi connectivity index (χ0n) is 9.35. The Morgan fingerprint density at radius 1 is 1.47 bits per heavy atom. The van der Waals surface area contributed by atoms with E-state index in [4.69, 9.17) is 0 Å². The Bertz CT molecular complexity index is 528. The summed E-state index contributed by atoms with van der Waals surface area (Å²) in [5.41, 5.74) is 0.891. The molecule has 0 saturated carbocycles. The molecule has 1 unspecified atom stereocenters. The van der Waals surface area contributed by atoms with Crippen molar-refractivity contribution in [3.8, 4) is 0 Å². The summed E-state index contributed by atoms with van der Waals surface area (Å²) in [7, 11) is 0. The molecule has 90 valence electrons. The molecule has 0 amide bonds. The van der Waals surface area contributed by atoms with Gasteiger partial charge in [-0.15, -0.1) is 0 Å². The van der Waals surface area contributed by atoms with Gasteiger partial charge in [-0.3, -0.25) is 0 Å². The molecule has 0 aliphatic rings. The van der Waals surface area contributed by atoms with Crippen molar-refractivity contribution >= 4 is 39.2 Å². The van der Waals surface area contributed by atoms with Crippen LogP contribution in [-0.2, 0) is 0 Å². The molecule has 1 heterocycles. The first kappa shape index (κ1) is 13.0. The summed E-state index contributed by atoms with van der Waals surface area (Å²) >= 11 is 6.43. The van der Waals surface area contributed by atoms with E-state index in [1.807, 2.05) is 25.1 Å². The molecule has 2 rings (SSSR count). The Kier molecular flexibility index (Phi) is 4.19. The second-order valence-electron chi connectivity index (χ2n) is 3.57. The number of aliphatic hydroxyl groups excluding tert-OH is 1. The molecule has 6 heteroatoms. The van der Waals surface area contributed by atoms with Gasteiger partial charge in [0.15, 0.2) is 4.34 Å². The summed E-state index contributed by atoms with van der Waals surface area (Å²) in [6.45, 7) is 3.63. The summed E-state index contributed by atoms with van der Waals surface area (Å²) in [6.07, 6.45) is -0.466. The number of hydrogen-bond donors (Lipinski definition) is 1. The summed E-state index contributed by atoms with van der Waals surface area (Å²) < 4.78 is 5.98. The zero-order chi connectivity index (χ0) is 12.4. The van der Waals surface area contributed by atoms with Crippen LogP contribution in [0.2, 0.25) is 0 Å². The maximum absolute atomic E-state index is 9.53. The van der Waals surface area contributed by atoms with Crippen LogP contribution in [0, 0.1) is 6.92 Å². The van der Waals surface area contributed by atoms with Gasteiger partial charge < -0.3 is 5.11 Å². The van der Waals surface area contributed by atoms with E-state index in [1.165, 1.54) is 11.5 Å². The molecule has 1 aromatic carbocycles. The van der Waals surface area contributed by atoms with Crippen molar-refractivity contribution in [3.63, 3.8) is 0 Å². The second kappa shape index (κ2) is 5.48. The number of aliphatic hydroxyl groups is 1. The average Bonchev–Trinajstić information content (AvgIpc) is 2.63. The SMILES string of the molecule is Cc1nsc(Sc2ccc(C(C)O)c(Br)c2)n1. The lowest BCUT2D eigenvalue weighted by atomic mass is 10.1. The van der Waals surface area contributed by atoms with Crippen LogP contribution in [-0.4, -0.2) is 14.5 Å². The number of rotatable bonds is 3. The van der Waals surface area contributed by atoms with Gasteiger partial charge >= 0.3 is 0 Å². The van der Waals surface area contributed by atoms with Crippen LogP contribution in [0.15, 0.2) is 31.9 Å². The fraction of sp³-hybridized carbons (Fsp3) is 0.273. The van der Waals surface area contributed by atoms with Gasteiger partial charge in [0.25, 0.3) is 0 Å². The van der Waals surface area contributed by atoms with Gasteiger partial charge in [0.1, 0.15) is 5.82 Å². The molecule has 0 aliphatic heterocycles. The van der Waals surface area contributed by atoms with Gasteiger partial charge in [0.2, 0.25) is 0 Å². The number of halogens is 1. The molecular weight excluding hydrogens is 320 g/mol. The third-order valence-electron chi connectivity index (χ3n) is 2.14. The minimum absolute atomic E-state index is 0.466. The molecule has 0 radical (unpaired) electrons. The molecule has 0 fully saturated rings. The van der Waals surface area contributed by atoms with Crippen molar-refractivity contribution < 1.29 is 5.11 Å². The molecule has 3 nitrogen and oxygen atoms in total. The number of aromatic nitrogens is 2. The fourth-order valence-electron chi connectivity index (χ4n) is 1.33. The van der Waals surface area contributed by atoms with E-state index in [2.05, 4.69) is 25.3 Å². The van der Waals surface area contributed by atoms with Gasteiger partial charge in [-0.05, 0) is 43.1 Å². The Hall–Kier alpha value is -0.430. The van der Waals surface area contributed by atoms with Gasteiger partial charge in [-0.25, -0.2) is 4.98 Å². The third kappa shape index (κ3) is 3.28. The van der Waals surface area contributed by atoms with Crippen molar-refractivity contribution in [2.45, 2.75) is 29.2 Å². The van der Waals surface area contributed by atoms with Crippen molar-refractivity contribution in [1.82, 2.24) is 9.36 Å². The summed E-state index contributed by atoms with van der Waals surface area (Å²) in [5, 5.41) is 9.53. The summed E-state index contributed by atoms with van der Waals surface area (Å²) in [6, 6.07) is 5.89. The smallest absolute Gasteiger partial charge is 0.174 e. The number of nitrogens with zero attached hydrogens (tertiary/aromatic N) is 2. The number of benzene rings is 1. The predicted molar refractivity (Wildman–Crippen MR) is 73.5 cm³/mol. The molecule has 1 aromatic heterocycles.